The first kappa shape index (κ1) is 13.0. The highest BCUT2D eigenvalue weighted by molar-refractivity contribution is 5.87. The largest absolute Gasteiger partial charge is 0.506 e. The maximum absolute atomic E-state index is 9.99. The lowest BCUT2D eigenvalue weighted by molar-refractivity contribution is 0.279. The van der Waals surface area contributed by atoms with E-state index in [2.05, 4.69) is 15.8 Å². The van der Waals surface area contributed by atoms with Gasteiger partial charge in [-0.05, 0) is 42.9 Å². The van der Waals surface area contributed by atoms with Crippen LogP contribution in [0.3, 0.4) is 0 Å². The van der Waals surface area contributed by atoms with Crippen LogP contribution in [0.2, 0.25) is 0 Å². The number of fused-ring (bicyclic) bond motifs is 2. The van der Waals surface area contributed by atoms with Gasteiger partial charge in [0.2, 0.25) is 0 Å². The second kappa shape index (κ2) is 4.94. The van der Waals surface area contributed by atoms with Crippen molar-refractivity contribution in [3.05, 3.63) is 36.0 Å². The minimum Gasteiger partial charge on any atom is -0.506 e. The van der Waals surface area contributed by atoms with Crippen molar-refractivity contribution in [2.45, 2.75) is 37.4 Å². The first-order valence-electron chi connectivity index (χ1n) is 7.57. The lowest BCUT2D eigenvalue weighted by Gasteiger charge is -2.31. The molecule has 0 spiro atoms. The fourth-order valence-electron chi connectivity index (χ4n) is 3.85. The van der Waals surface area contributed by atoms with Crippen molar-refractivity contribution in [3.63, 3.8) is 0 Å². The fourth-order valence-corrected chi connectivity index (χ4v) is 3.85. The van der Waals surface area contributed by atoms with Crippen molar-refractivity contribution >= 4 is 10.9 Å². The topological polar surface area (TPSA) is 83.2 Å². The molecular weight excluding hydrogens is 264 g/mol. The molecular formula is C16H20N4O. The van der Waals surface area contributed by atoms with Crippen LogP contribution in [0.25, 0.3) is 10.9 Å². The van der Waals surface area contributed by atoms with E-state index < -0.39 is 0 Å². The van der Waals surface area contributed by atoms with Gasteiger partial charge in [0.05, 0.1) is 6.04 Å². The normalized spacial score (nSPS) is 32.2. The number of aromatic hydroxyl groups is 1. The molecule has 21 heavy (non-hydrogen) atoms. The van der Waals surface area contributed by atoms with Crippen molar-refractivity contribution in [2.75, 3.05) is 0 Å². The number of hydrazine groups is 1. The van der Waals surface area contributed by atoms with E-state index in [4.69, 9.17) is 5.73 Å². The average molecular weight is 284 g/mol. The lowest BCUT2D eigenvalue weighted by atomic mass is 9.77. The van der Waals surface area contributed by atoms with Crippen LogP contribution >= 0.6 is 0 Å². The number of aromatic nitrogens is 1. The third-order valence-electron chi connectivity index (χ3n) is 4.91. The quantitative estimate of drug-likeness (QED) is 0.639. The molecule has 4 rings (SSSR count). The Hall–Kier alpha value is -1.69. The summed E-state index contributed by atoms with van der Waals surface area (Å²) in [4.78, 5) is 4.31. The zero-order valence-electron chi connectivity index (χ0n) is 11.8. The van der Waals surface area contributed by atoms with Gasteiger partial charge in [-0.15, -0.1) is 0 Å². The van der Waals surface area contributed by atoms with E-state index in [1.54, 1.807) is 12.3 Å². The van der Waals surface area contributed by atoms with Crippen molar-refractivity contribution in [1.29, 1.82) is 0 Å². The first-order chi connectivity index (χ1) is 10.2. The highest BCUT2D eigenvalue weighted by atomic mass is 16.3. The van der Waals surface area contributed by atoms with Gasteiger partial charge < -0.3 is 10.8 Å². The monoisotopic (exact) mass is 284 g/mol. The van der Waals surface area contributed by atoms with E-state index in [-0.39, 0.29) is 17.8 Å². The summed E-state index contributed by atoms with van der Waals surface area (Å²) < 4.78 is 0. The van der Waals surface area contributed by atoms with E-state index in [1.807, 2.05) is 18.2 Å². The van der Waals surface area contributed by atoms with Crippen LogP contribution in [0.4, 0.5) is 0 Å². The molecule has 110 valence electrons. The third-order valence-corrected chi connectivity index (χ3v) is 4.91. The standard InChI is InChI=1S/C16H20N4O/c17-9-3-5-13-12(8-9)15(20-19-13)11-4-6-14(21)16-10(11)2-1-7-18-16/h1-2,4,6-7,9,12-13,15,19-21H,3,5,8,17H2. The number of nitrogens with zero attached hydrogens (tertiary/aromatic N) is 1. The molecule has 1 aliphatic heterocycles. The summed E-state index contributed by atoms with van der Waals surface area (Å²) in [6.45, 7) is 0. The van der Waals surface area contributed by atoms with Gasteiger partial charge in [0.15, 0.2) is 0 Å². The Labute approximate surface area is 123 Å². The molecule has 2 aromatic rings. The number of hydrogen-bond donors (Lipinski definition) is 4. The first-order valence-corrected chi connectivity index (χ1v) is 7.57. The molecule has 0 amide bonds. The number of pyridine rings is 1. The number of benzene rings is 1. The molecule has 2 aliphatic rings. The van der Waals surface area contributed by atoms with Gasteiger partial charge in [0, 0.05) is 23.7 Å². The minimum absolute atomic E-state index is 0.216. The highest BCUT2D eigenvalue weighted by Crippen LogP contribution is 2.40. The fraction of sp³-hybridized carbons (Fsp3) is 0.438. The number of rotatable bonds is 1. The van der Waals surface area contributed by atoms with E-state index in [0.29, 0.717) is 17.5 Å². The van der Waals surface area contributed by atoms with Crippen LogP contribution in [0.15, 0.2) is 30.5 Å². The zero-order chi connectivity index (χ0) is 14.4. The Morgan fingerprint density at radius 2 is 2.10 bits per heavy atom. The van der Waals surface area contributed by atoms with Crippen molar-refractivity contribution in [1.82, 2.24) is 15.8 Å². The van der Waals surface area contributed by atoms with Crippen molar-refractivity contribution in [3.8, 4) is 5.75 Å². The molecule has 1 aromatic heterocycles. The molecule has 5 nitrogen and oxygen atoms in total. The predicted molar refractivity (Wildman–Crippen MR) is 81.5 cm³/mol. The number of phenols is 1. The summed E-state index contributed by atoms with van der Waals surface area (Å²) in [6.07, 6.45) is 4.94. The Balaban J connectivity index is 1.78. The molecule has 0 bridgehead atoms. The van der Waals surface area contributed by atoms with Gasteiger partial charge in [0.25, 0.3) is 0 Å². The Kier molecular flexibility index (Phi) is 3.06. The molecule has 1 saturated heterocycles. The van der Waals surface area contributed by atoms with E-state index in [9.17, 15) is 5.11 Å². The van der Waals surface area contributed by atoms with E-state index in [1.165, 1.54) is 5.56 Å². The summed E-state index contributed by atoms with van der Waals surface area (Å²) in [5, 5.41) is 11.0. The molecule has 5 N–H and O–H groups in total. The van der Waals surface area contributed by atoms with Gasteiger partial charge in [0.1, 0.15) is 11.3 Å². The molecule has 2 fully saturated rings. The minimum atomic E-state index is 0.216. The predicted octanol–water partition coefficient (Wildman–Crippen LogP) is 1.59. The lowest BCUT2D eigenvalue weighted by Crippen LogP contribution is -2.39. The summed E-state index contributed by atoms with van der Waals surface area (Å²) in [5.74, 6) is 0.721. The smallest absolute Gasteiger partial charge is 0.141 e. The van der Waals surface area contributed by atoms with Crippen LogP contribution in [0.5, 0.6) is 5.75 Å². The summed E-state index contributed by atoms with van der Waals surface area (Å²) in [6, 6.07) is 8.66. The van der Waals surface area contributed by atoms with Gasteiger partial charge in [-0.3, -0.25) is 10.4 Å². The average Bonchev–Trinajstić information content (AvgIpc) is 2.91. The molecule has 1 aliphatic carbocycles. The number of nitrogens with two attached hydrogens (primary N) is 1. The van der Waals surface area contributed by atoms with E-state index >= 15 is 0 Å². The molecule has 2 heterocycles. The van der Waals surface area contributed by atoms with Crippen molar-refractivity contribution < 1.29 is 5.11 Å². The second-order valence-corrected chi connectivity index (χ2v) is 6.18. The maximum Gasteiger partial charge on any atom is 0.141 e. The summed E-state index contributed by atoms with van der Waals surface area (Å²) in [7, 11) is 0. The molecule has 0 radical (unpaired) electrons. The second-order valence-electron chi connectivity index (χ2n) is 6.18. The summed E-state index contributed by atoms with van der Waals surface area (Å²) >= 11 is 0. The Morgan fingerprint density at radius 3 is 3.00 bits per heavy atom. The SMILES string of the molecule is NC1CCC2NNC(c3ccc(O)c4ncccc34)C2C1. The molecule has 4 atom stereocenters. The van der Waals surface area contributed by atoms with Crippen LogP contribution in [0, 0.1) is 5.92 Å². The molecule has 1 aromatic carbocycles. The Morgan fingerprint density at radius 1 is 1.19 bits per heavy atom. The van der Waals surface area contributed by atoms with Crippen LogP contribution < -0.4 is 16.6 Å². The van der Waals surface area contributed by atoms with Crippen LogP contribution in [-0.2, 0) is 0 Å². The molecule has 5 heteroatoms. The van der Waals surface area contributed by atoms with Crippen molar-refractivity contribution in [2.24, 2.45) is 11.7 Å². The van der Waals surface area contributed by atoms with Crippen LogP contribution in [-0.4, -0.2) is 22.2 Å². The number of phenolic OH excluding ortho intramolecular Hbond substituents is 1. The number of hydrogen-bond acceptors (Lipinski definition) is 5. The highest BCUT2D eigenvalue weighted by Gasteiger charge is 2.40. The van der Waals surface area contributed by atoms with Gasteiger partial charge >= 0.3 is 0 Å². The maximum atomic E-state index is 9.99. The summed E-state index contributed by atoms with van der Waals surface area (Å²) in [5.41, 5.74) is 14.9. The molecule has 4 unspecified atom stereocenters. The third kappa shape index (κ3) is 2.09. The Bertz CT molecular complexity index is 674. The molecule has 1 saturated carbocycles. The zero-order valence-corrected chi connectivity index (χ0v) is 11.8. The van der Waals surface area contributed by atoms with Gasteiger partial charge in [-0.25, -0.2) is 5.43 Å². The van der Waals surface area contributed by atoms with E-state index in [0.717, 1.165) is 24.6 Å². The van der Waals surface area contributed by atoms with Gasteiger partial charge in [-0.2, -0.15) is 0 Å². The van der Waals surface area contributed by atoms with Gasteiger partial charge in [-0.1, -0.05) is 12.1 Å². The van der Waals surface area contributed by atoms with Crippen LogP contribution in [0.1, 0.15) is 30.9 Å². The number of nitrogens with one attached hydrogen (secondary N) is 2.